The van der Waals surface area contributed by atoms with Crippen molar-refractivity contribution in [2.75, 3.05) is 26.8 Å². The summed E-state index contributed by atoms with van der Waals surface area (Å²) in [5.41, 5.74) is 0. The highest BCUT2D eigenvalue weighted by Gasteiger charge is 2.32. The number of hydrogen-bond donors (Lipinski definition) is 1. The molecule has 1 N–H and O–H groups in total. The van der Waals surface area contributed by atoms with E-state index in [1.807, 2.05) is 0 Å². The molecule has 0 bridgehead atoms. The molecule has 0 aromatic rings. The molecule has 1 aliphatic rings. The van der Waals surface area contributed by atoms with Crippen LogP contribution >= 0.6 is 0 Å². The first kappa shape index (κ1) is 12.1. The zero-order valence-electron chi connectivity index (χ0n) is 8.30. The summed E-state index contributed by atoms with van der Waals surface area (Å²) in [5, 5.41) is 2.46. The van der Waals surface area contributed by atoms with Crippen LogP contribution in [0.4, 0.5) is 18.0 Å². The molecule has 1 unspecified atom stereocenters. The Hall–Kier alpha value is -0.980. The van der Waals surface area contributed by atoms with Crippen LogP contribution < -0.4 is 5.32 Å². The first-order valence-corrected chi connectivity index (χ1v) is 4.54. The van der Waals surface area contributed by atoms with Crippen LogP contribution in [0.15, 0.2) is 0 Å². The Labute approximate surface area is 85.4 Å². The van der Waals surface area contributed by atoms with Gasteiger partial charge in [0.25, 0.3) is 0 Å². The van der Waals surface area contributed by atoms with Gasteiger partial charge in [-0.2, -0.15) is 13.2 Å². The average Bonchev–Trinajstić information content (AvgIpc) is 2.53. The summed E-state index contributed by atoms with van der Waals surface area (Å²) >= 11 is 0. The van der Waals surface area contributed by atoms with Crippen molar-refractivity contribution in [3.63, 3.8) is 0 Å². The molecule has 2 amide bonds. The monoisotopic (exact) mass is 226 g/mol. The highest BCUT2D eigenvalue weighted by molar-refractivity contribution is 5.74. The lowest BCUT2D eigenvalue weighted by Gasteiger charge is -2.21. The van der Waals surface area contributed by atoms with Crippen LogP contribution in [-0.2, 0) is 4.74 Å². The van der Waals surface area contributed by atoms with E-state index in [4.69, 9.17) is 4.74 Å². The quantitative estimate of drug-likeness (QED) is 0.762. The summed E-state index contributed by atoms with van der Waals surface area (Å²) in [4.78, 5) is 11.8. The van der Waals surface area contributed by atoms with E-state index in [0.717, 1.165) is 7.05 Å². The molecule has 88 valence electrons. The molecular formula is C8H13F3N2O2. The fourth-order valence-electron chi connectivity index (χ4n) is 1.27. The number of nitrogens with zero attached hydrogens (tertiary/aromatic N) is 1. The molecule has 7 heteroatoms. The minimum Gasteiger partial charge on any atom is -0.379 e. The molecule has 15 heavy (non-hydrogen) atoms. The van der Waals surface area contributed by atoms with Gasteiger partial charge >= 0.3 is 12.2 Å². The Kier molecular flexibility index (Phi) is 3.78. The van der Waals surface area contributed by atoms with E-state index in [9.17, 15) is 18.0 Å². The number of carbonyl (C=O) groups is 1. The Bertz CT molecular complexity index is 226. The number of halogens is 3. The van der Waals surface area contributed by atoms with E-state index in [1.165, 1.54) is 0 Å². The second kappa shape index (κ2) is 4.69. The molecule has 0 radical (unpaired) electrons. The maximum absolute atomic E-state index is 11.9. The van der Waals surface area contributed by atoms with Crippen molar-refractivity contribution < 1.29 is 22.7 Å². The number of alkyl halides is 3. The molecule has 0 spiro atoms. The number of hydrogen-bond acceptors (Lipinski definition) is 2. The predicted octanol–water partition coefficient (Wildman–Crippen LogP) is 0.979. The fourth-order valence-corrected chi connectivity index (χ4v) is 1.27. The van der Waals surface area contributed by atoms with E-state index < -0.39 is 18.8 Å². The Balaban J connectivity index is 2.32. The number of amides is 2. The topological polar surface area (TPSA) is 41.6 Å². The summed E-state index contributed by atoms with van der Waals surface area (Å²) in [5.74, 6) is 0. The van der Waals surface area contributed by atoms with E-state index >= 15 is 0 Å². The van der Waals surface area contributed by atoms with Gasteiger partial charge in [0.05, 0.1) is 12.6 Å². The third-order valence-corrected chi connectivity index (χ3v) is 2.02. The Morgan fingerprint density at radius 3 is 2.73 bits per heavy atom. The SMILES string of the molecule is CN(CC(F)(F)F)C(=O)NC1CCOC1. The summed E-state index contributed by atoms with van der Waals surface area (Å²) < 4.78 is 40.8. The van der Waals surface area contributed by atoms with Crippen LogP contribution in [0.2, 0.25) is 0 Å². The lowest BCUT2D eigenvalue weighted by atomic mass is 10.3. The lowest BCUT2D eigenvalue weighted by Crippen LogP contribution is -2.46. The molecule has 0 aromatic heterocycles. The van der Waals surface area contributed by atoms with E-state index in [2.05, 4.69) is 5.32 Å². The maximum atomic E-state index is 11.9. The maximum Gasteiger partial charge on any atom is 0.406 e. The van der Waals surface area contributed by atoms with Gasteiger partial charge in [0.1, 0.15) is 6.54 Å². The second-order valence-electron chi connectivity index (χ2n) is 3.48. The molecule has 0 saturated carbocycles. The second-order valence-corrected chi connectivity index (χ2v) is 3.48. The predicted molar refractivity (Wildman–Crippen MR) is 46.4 cm³/mol. The van der Waals surface area contributed by atoms with Crippen LogP contribution in [0.5, 0.6) is 0 Å². The molecule has 0 aromatic carbocycles. The fraction of sp³-hybridized carbons (Fsp3) is 0.875. The first-order valence-electron chi connectivity index (χ1n) is 4.54. The third-order valence-electron chi connectivity index (χ3n) is 2.02. The van der Waals surface area contributed by atoms with Crippen molar-refractivity contribution in [2.24, 2.45) is 0 Å². The van der Waals surface area contributed by atoms with Crippen LogP contribution in [0.1, 0.15) is 6.42 Å². The van der Waals surface area contributed by atoms with E-state index in [1.54, 1.807) is 0 Å². The minimum absolute atomic E-state index is 0.173. The zero-order chi connectivity index (χ0) is 11.5. The van der Waals surface area contributed by atoms with Crippen molar-refractivity contribution in [1.82, 2.24) is 10.2 Å². The van der Waals surface area contributed by atoms with Gasteiger partial charge in [0.2, 0.25) is 0 Å². The van der Waals surface area contributed by atoms with E-state index in [0.29, 0.717) is 24.5 Å². The highest BCUT2D eigenvalue weighted by Crippen LogP contribution is 2.15. The van der Waals surface area contributed by atoms with Crippen molar-refractivity contribution in [1.29, 1.82) is 0 Å². The number of rotatable bonds is 2. The smallest absolute Gasteiger partial charge is 0.379 e. The normalized spacial score (nSPS) is 21.5. The van der Waals surface area contributed by atoms with Crippen LogP contribution in [0, 0.1) is 0 Å². The molecule has 1 saturated heterocycles. The molecule has 1 heterocycles. The molecule has 0 aliphatic carbocycles. The zero-order valence-corrected chi connectivity index (χ0v) is 8.30. The largest absolute Gasteiger partial charge is 0.406 e. The van der Waals surface area contributed by atoms with Gasteiger partial charge in [-0.15, -0.1) is 0 Å². The molecule has 1 rings (SSSR count). The molecule has 1 aliphatic heterocycles. The summed E-state index contributed by atoms with van der Waals surface area (Å²) in [7, 11) is 1.11. The van der Waals surface area contributed by atoms with Crippen LogP contribution in [-0.4, -0.2) is 50.0 Å². The van der Waals surface area contributed by atoms with Crippen molar-refractivity contribution >= 4 is 6.03 Å². The van der Waals surface area contributed by atoms with Gasteiger partial charge in [-0.25, -0.2) is 4.79 Å². The lowest BCUT2D eigenvalue weighted by molar-refractivity contribution is -0.137. The van der Waals surface area contributed by atoms with Crippen LogP contribution in [0.3, 0.4) is 0 Å². The molecule has 1 fully saturated rings. The number of ether oxygens (including phenoxy) is 1. The number of urea groups is 1. The van der Waals surface area contributed by atoms with Gasteiger partial charge in [0, 0.05) is 13.7 Å². The average molecular weight is 226 g/mol. The van der Waals surface area contributed by atoms with Gasteiger partial charge in [-0.3, -0.25) is 0 Å². The van der Waals surface area contributed by atoms with Gasteiger partial charge in [0.15, 0.2) is 0 Å². The van der Waals surface area contributed by atoms with Crippen molar-refractivity contribution in [3.05, 3.63) is 0 Å². The molecule has 4 nitrogen and oxygen atoms in total. The summed E-state index contributed by atoms with van der Waals surface area (Å²) in [6.45, 7) is -0.341. The summed E-state index contributed by atoms with van der Waals surface area (Å²) in [6, 6.07) is -0.893. The number of carbonyl (C=O) groups excluding carboxylic acids is 1. The highest BCUT2D eigenvalue weighted by atomic mass is 19.4. The Morgan fingerprint density at radius 2 is 2.27 bits per heavy atom. The van der Waals surface area contributed by atoms with Crippen molar-refractivity contribution in [2.45, 2.75) is 18.6 Å². The van der Waals surface area contributed by atoms with Gasteiger partial charge < -0.3 is 15.0 Å². The summed E-state index contributed by atoms with van der Waals surface area (Å²) in [6.07, 6.45) is -3.72. The van der Waals surface area contributed by atoms with Gasteiger partial charge in [-0.05, 0) is 6.42 Å². The van der Waals surface area contributed by atoms with Crippen molar-refractivity contribution in [3.8, 4) is 0 Å². The number of nitrogens with one attached hydrogen (secondary N) is 1. The first-order chi connectivity index (χ1) is 6.88. The van der Waals surface area contributed by atoms with Gasteiger partial charge in [-0.1, -0.05) is 0 Å². The standard InChI is InChI=1S/C8H13F3N2O2/c1-13(5-8(9,10)11)7(14)12-6-2-3-15-4-6/h6H,2-5H2,1H3,(H,12,14). The van der Waals surface area contributed by atoms with E-state index in [-0.39, 0.29) is 6.04 Å². The third kappa shape index (κ3) is 4.37. The Morgan fingerprint density at radius 1 is 1.60 bits per heavy atom. The molecule has 1 atom stereocenters. The van der Waals surface area contributed by atoms with Crippen LogP contribution in [0.25, 0.3) is 0 Å². The minimum atomic E-state index is -4.36. The molecular weight excluding hydrogens is 213 g/mol.